The third-order valence-electron chi connectivity index (χ3n) is 2.10. The first-order valence-corrected chi connectivity index (χ1v) is 4.27. The van der Waals surface area contributed by atoms with Gasteiger partial charge >= 0.3 is 0 Å². The highest BCUT2D eigenvalue weighted by Gasteiger charge is 2.24. The molecule has 1 N–H and O–H groups in total. The summed E-state index contributed by atoms with van der Waals surface area (Å²) in [7, 11) is 4.16. The van der Waals surface area contributed by atoms with Crippen molar-refractivity contribution in [1.29, 1.82) is 0 Å². The van der Waals surface area contributed by atoms with Gasteiger partial charge in [-0.15, -0.1) is 0 Å². The van der Waals surface area contributed by atoms with Crippen LogP contribution in [0.1, 0.15) is 13.3 Å². The van der Waals surface area contributed by atoms with Crippen LogP contribution in [0.5, 0.6) is 0 Å². The fraction of sp³-hybridized carbons (Fsp3) is 1.00. The van der Waals surface area contributed by atoms with E-state index in [1.807, 2.05) is 0 Å². The van der Waals surface area contributed by atoms with Crippen LogP contribution in [0, 0.1) is 0 Å². The second kappa shape index (κ2) is 4.04. The Morgan fingerprint density at radius 3 is 2.73 bits per heavy atom. The lowest BCUT2D eigenvalue weighted by molar-refractivity contribution is -0.0463. The quantitative estimate of drug-likeness (QED) is 0.624. The van der Waals surface area contributed by atoms with Gasteiger partial charge in [-0.05, 0) is 20.5 Å². The molecule has 0 aromatic heterocycles. The maximum Gasteiger partial charge on any atom is 0.0863 e. The molecule has 0 amide bonds. The Bertz CT molecular complexity index is 117. The standard InChI is InChI=1S/C8H18N2O/c1-4-7-8(10(2)3)9-5-6-11-7/h7-9H,4-6H2,1-3H3. The number of morpholine rings is 1. The van der Waals surface area contributed by atoms with Crippen LogP contribution in [-0.4, -0.2) is 44.4 Å². The van der Waals surface area contributed by atoms with Crippen LogP contribution in [0.2, 0.25) is 0 Å². The van der Waals surface area contributed by atoms with Gasteiger partial charge < -0.3 is 4.74 Å². The maximum absolute atomic E-state index is 5.60. The Morgan fingerprint density at radius 1 is 1.55 bits per heavy atom. The predicted molar refractivity (Wildman–Crippen MR) is 45.5 cm³/mol. The highest BCUT2D eigenvalue weighted by atomic mass is 16.5. The number of ether oxygens (including phenoxy) is 1. The number of rotatable bonds is 2. The second-order valence-electron chi connectivity index (χ2n) is 3.18. The number of likely N-dealkylation sites (N-methyl/N-ethyl adjacent to an activating group) is 1. The highest BCUT2D eigenvalue weighted by molar-refractivity contribution is 4.77. The number of hydrogen-bond donors (Lipinski definition) is 1. The van der Waals surface area contributed by atoms with Gasteiger partial charge in [-0.1, -0.05) is 6.92 Å². The third-order valence-corrected chi connectivity index (χ3v) is 2.10. The SMILES string of the molecule is CCC1OCCNC1N(C)C. The molecule has 2 atom stereocenters. The van der Waals surface area contributed by atoms with Gasteiger partial charge in [0.05, 0.1) is 18.9 Å². The minimum Gasteiger partial charge on any atom is -0.374 e. The summed E-state index contributed by atoms with van der Waals surface area (Å²) in [6.45, 7) is 3.98. The molecule has 2 unspecified atom stereocenters. The van der Waals surface area contributed by atoms with E-state index in [1.165, 1.54) is 0 Å². The van der Waals surface area contributed by atoms with Crippen molar-refractivity contribution in [1.82, 2.24) is 10.2 Å². The molecule has 1 aliphatic heterocycles. The Hall–Kier alpha value is -0.120. The molecular weight excluding hydrogens is 140 g/mol. The third kappa shape index (κ3) is 2.15. The molecule has 1 fully saturated rings. The topological polar surface area (TPSA) is 24.5 Å². The van der Waals surface area contributed by atoms with Crippen molar-refractivity contribution in [3.05, 3.63) is 0 Å². The van der Waals surface area contributed by atoms with E-state index in [0.717, 1.165) is 19.6 Å². The minimum atomic E-state index is 0.360. The van der Waals surface area contributed by atoms with Crippen LogP contribution in [0.25, 0.3) is 0 Å². The van der Waals surface area contributed by atoms with Crippen LogP contribution in [0.3, 0.4) is 0 Å². The van der Waals surface area contributed by atoms with E-state index in [-0.39, 0.29) is 0 Å². The van der Waals surface area contributed by atoms with E-state index >= 15 is 0 Å². The van der Waals surface area contributed by atoms with Crippen molar-refractivity contribution < 1.29 is 4.74 Å². The Balaban J connectivity index is 2.44. The summed E-state index contributed by atoms with van der Waals surface area (Å²) in [5, 5.41) is 3.42. The molecule has 0 aromatic rings. The molecule has 0 aliphatic carbocycles. The van der Waals surface area contributed by atoms with Gasteiger partial charge in [-0.2, -0.15) is 0 Å². The summed E-state index contributed by atoms with van der Waals surface area (Å²) < 4.78 is 5.60. The zero-order valence-electron chi connectivity index (χ0n) is 7.63. The molecule has 1 rings (SSSR count). The molecule has 11 heavy (non-hydrogen) atoms. The van der Waals surface area contributed by atoms with Crippen molar-refractivity contribution in [3.8, 4) is 0 Å². The van der Waals surface area contributed by atoms with Gasteiger partial charge in [0.25, 0.3) is 0 Å². The Kier molecular flexibility index (Phi) is 3.30. The zero-order valence-corrected chi connectivity index (χ0v) is 7.63. The van der Waals surface area contributed by atoms with Gasteiger partial charge in [0, 0.05) is 6.54 Å². The smallest absolute Gasteiger partial charge is 0.0863 e. The average Bonchev–Trinajstić information content (AvgIpc) is 2.04. The van der Waals surface area contributed by atoms with Gasteiger partial charge in [-0.3, -0.25) is 10.2 Å². The zero-order chi connectivity index (χ0) is 8.27. The minimum absolute atomic E-state index is 0.360. The first-order valence-electron chi connectivity index (χ1n) is 4.27. The molecule has 3 nitrogen and oxygen atoms in total. The molecule has 3 heteroatoms. The van der Waals surface area contributed by atoms with Gasteiger partial charge in [0.1, 0.15) is 0 Å². The molecule has 0 saturated carbocycles. The van der Waals surface area contributed by atoms with Gasteiger partial charge in [-0.25, -0.2) is 0 Å². The van der Waals surface area contributed by atoms with Crippen LogP contribution >= 0.6 is 0 Å². The first kappa shape index (κ1) is 8.97. The van der Waals surface area contributed by atoms with E-state index < -0.39 is 0 Å². The largest absolute Gasteiger partial charge is 0.374 e. The number of nitrogens with one attached hydrogen (secondary N) is 1. The van der Waals surface area contributed by atoms with E-state index in [2.05, 4.69) is 31.2 Å². The van der Waals surface area contributed by atoms with E-state index in [9.17, 15) is 0 Å². The first-order chi connectivity index (χ1) is 5.25. The molecule has 66 valence electrons. The number of nitrogens with zero attached hydrogens (tertiary/aromatic N) is 1. The lowest BCUT2D eigenvalue weighted by atomic mass is 10.2. The molecule has 0 bridgehead atoms. The normalized spacial score (nSPS) is 32.7. The molecule has 1 heterocycles. The molecule has 0 radical (unpaired) electrons. The van der Waals surface area contributed by atoms with Crippen molar-refractivity contribution in [2.45, 2.75) is 25.6 Å². The van der Waals surface area contributed by atoms with Gasteiger partial charge in [0.2, 0.25) is 0 Å². The molecule has 0 spiro atoms. The van der Waals surface area contributed by atoms with Gasteiger partial charge in [0.15, 0.2) is 0 Å². The van der Waals surface area contributed by atoms with Crippen LogP contribution < -0.4 is 5.32 Å². The van der Waals surface area contributed by atoms with Crippen molar-refractivity contribution in [3.63, 3.8) is 0 Å². The molecule has 1 aliphatic rings. The lowest BCUT2D eigenvalue weighted by Gasteiger charge is -2.36. The van der Waals surface area contributed by atoms with Crippen LogP contribution in [0.4, 0.5) is 0 Å². The summed E-state index contributed by atoms with van der Waals surface area (Å²) in [5.41, 5.74) is 0. The monoisotopic (exact) mass is 158 g/mol. The average molecular weight is 158 g/mol. The van der Waals surface area contributed by atoms with Crippen molar-refractivity contribution >= 4 is 0 Å². The predicted octanol–water partition coefficient (Wildman–Crippen LogP) is 0.272. The van der Waals surface area contributed by atoms with E-state index in [4.69, 9.17) is 4.74 Å². The van der Waals surface area contributed by atoms with Crippen molar-refractivity contribution in [2.24, 2.45) is 0 Å². The summed E-state index contributed by atoms with van der Waals surface area (Å²) in [6.07, 6.45) is 1.84. The highest BCUT2D eigenvalue weighted by Crippen LogP contribution is 2.09. The van der Waals surface area contributed by atoms with Crippen LogP contribution in [0.15, 0.2) is 0 Å². The Morgan fingerprint density at radius 2 is 2.27 bits per heavy atom. The van der Waals surface area contributed by atoms with E-state index in [1.54, 1.807) is 0 Å². The molecular formula is C8H18N2O. The summed E-state index contributed by atoms with van der Waals surface area (Å²) in [4.78, 5) is 2.17. The summed E-state index contributed by atoms with van der Waals surface area (Å²) >= 11 is 0. The molecule has 1 saturated heterocycles. The fourth-order valence-corrected chi connectivity index (χ4v) is 1.50. The number of hydrogen-bond acceptors (Lipinski definition) is 3. The Labute approximate surface area is 68.7 Å². The van der Waals surface area contributed by atoms with E-state index in [0.29, 0.717) is 12.3 Å². The summed E-state index contributed by atoms with van der Waals surface area (Å²) in [5.74, 6) is 0. The molecule has 0 aromatic carbocycles. The summed E-state index contributed by atoms with van der Waals surface area (Å²) in [6, 6.07) is 0. The maximum atomic E-state index is 5.60. The van der Waals surface area contributed by atoms with Crippen LogP contribution in [-0.2, 0) is 4.74 Å². The van der Waals surface area contributed by atoms with Crippen molar-refractivity contribution in [2.75, 3.05) is 27.2 Å². The fourth-order valence-electron chi connectivity index (χ4n) is 1.50. The second-order valence-corrected chi connectivity index (χ2v) is 3.18. The lowest BCUT2D eigenvalue weighted by Crippen LogP contribution is -2.55.